The number of rotatable bonds is 8. The summed E-state index contributed by atoms with van der Waals surface area (Å²) in [7, 11) is 0. The van der Waals surface area contributed by atoms with Crippen molar-refractivity contribution in [2.24, 2.45) is 0 Å². The van der Waals surface area contributed by atoms with Crippen LogP contribution in [-0.4, -0.2) is 72.9 Å². The third-order valence-electron chi connectivity index (χ3n) is 9.02. The standard InChI is InChI=1S/C44H60N4O4/c1-33-17-34(2)22-41(21-33)29-45-9-10-46(30-42-23-35(3)18-36(4)24-42)51-15-16-52-48(32-44-27-39(7)20-40(8)28-44)12-11-47(50-14-13-49-45)31-43-25-37(5)19-38(6)26-43/h17-28H,9-16,29-32H2,1-8H3. The van der Waals surface area contributed by atoms with Gasteiger partial charge in [0.05, 0.1) is 26.4 Å². The molecule has 1 aliphatic heterocycles. The van der Waals surface area contributed by atoms with E-state index in [0.717, 1.165) is 0 Å². The molecule has 4 aromatic rings. The van der Waals surface area contributed by atoms with Crippen LogP contribution in [0.1, 0.15) is 66.8 Å². The van der Waals surface area contributed by atoms with Crippen molar-refractivity contribution < 1.29 is 19.4 Å². The Morgan fingerprint density at radius 1 is 0.308 bits per heavy atom. The Hall–Kier alpha value is -3.44. The second-order valence-corrected chi connectivity index (χ2v) is 14.8. The second kappa shape index (κ2) is 19.6. The summed E-state index contributed by atoms with van der Waals surface area (Å²) >= 11 is 0. The first-order valence-electron chi connectivity index (χ1n) is 18.8. The molecule has 0 bridgehead atoms. The molecule has 0 N–H and O–H groups in total. The molecule has 0 amide bonds. The van der Waals surface area contributed by atoms with Crippen LogP contribution in [0.5, 0.6) is 0 Å². The Morgan fingerprint density at radius 2 is 0.481 bits per heavy atom. The molecule has 0 aliphatic carbocycles. The van der Waals surface area contributed by atoms with Crippen molar-refractivity contribution in [3.63, 3.8) is 0 Å². The molecule has 8 nitrogen and oxygen atoms in total. The zero-order valence-corrected chi connectivity index (χ0v) is 32.8. The van der Waals surface area contributed by atoms with E-state index in [4.69, 9.17) is 19.4 Å². The average molecular weight is 709 g/mol. The first-order valence-corrected chi connectivity index (χ1v) is 18.8. The van der Waals surface area contributed by atoms with Gasteiger partial charge in [0.1, 0.15) is 0 Å². The summed E-state index contributed by atoms with van der Waals surface area (Å²) in [5.41, 5.74) is 14.9. The SMILES string of the molecule is Cc1cc(C)cc(CN2CCN(Cc3cc(C)cc(C)c3)OCCON(Cc3cc(C)cc(C)c3)CCN(Cc3cc(C)cc(C)c3)OCCO2)c1. The monoisotopic (exact) mass is 708 g/mol. The van der Waals surface area contributed by atoms with Crippen molar-refractivity contribution in [3.8, 4) is 0 Å². The van der Waals surface area contributed by atoms with E-state index >= 15 is 0 Å². The highest BCUT2D eigenvalue weighted by molar-refractivity contribution is 5.31. The summed E-state index contributed by atoms with van der Waals surface area (Å²) in [4.78, 5) is 25.9. The maximum absolute atomic E-state index is 6.49. The number of nitrogens with zero attached hydrogens (tertiary/aromatic N) is 4. The Balaban J connectivity index is 1.36. The van der Waals surface area contributed by atoms with E-state index in [0.29, 0.717) is 78.8 Å². The largest absolute Gasteiger partial charge is 0.296 e. The Labute approximate surface area is 312 Å². The third-order valence-corrected chi connectivity index (χ3v) is 9.02. The van der Waals surface area contributed by atoms with Gasteiger partial charge in [-0.1, -0.05) is 117 Å². The minimum Gasteiger partial charge on any atom is -0.296 e. The molecular weight excluding hydrogens is 649 g/mol. The van der Waals surface area contributed by atoms with Gasteiger partial charge in [0.25, 0.3) is 0 Å². The molecule has 0 radical (unpaired) electrons. The minimum atomic E-state index is 0.425. The summed E-state index contributed by atoms with van der Waals surface area (Å²) in [6.07, 6.45) is 0. The van der Waals surface area contributed by atoms with Gasteiger partial charge in [0.2, 0.25) is 0 Å². The maximum atomic E-state index is 6.49. The molecule has 8 heteroatoms. The minimum absolute atomic E-state index is 0.425. The number of hydrogen-bond acceptors (Lipinski definition) is 8. The lowest BCUT2D eigenvalue weighted by molar-refractivity contribution is -0.254. The van der Waals surface area contributed by atoms with Gasteiger partial charge in [-0.15, -0.1) is 0 Å². The summed E-state index contributed by atoms with van der Waals surface area (Å²) in [6, 6.07) is 26.7. The molecule has 0 aromatic heterocycles. The van der Waals surface area contributed by atoms with Crippen LogP contribution in [0.3, 0.4) is 0 Å². The predicted octanol–water partition coefficient (Wildman–Crippen LogP) is 8.20. The topological polar surface area (TPSA) is 49.9 Å². The van der Waals surface area contributed by atoms with Gasteiger partial charge in [0, 0.05) is 52.4 Å². The molecule has 5 rings (SSSR count). The molecule has 52 heavy (non-hydrogen) atoms. The van der Waals surface area contributed by atoms with Crippen molar-refractivity contribution in [2.75, 3.05) is 52.6 Å². The van der Waals surface area contributed by atoms with Gasteiger partial charge in [-0.05, 0) is 77.6 Å². The smallest absolute Gasteiger partial charge is 0.0939 e. The number of aryl methyl sites for hydroxylation is 8. The summed E-state index contributed by atoms with van der Waals surface area (Å²) < 4.78 is 0. The van der Waals surface area contributed by atoms with Crippen LogP contribution in [0.25, 0.3) is 0 Å². The third kappa shape index (κ3) is 13.5. The molecule has 1 saturated heterocycles. The fourth-order valence-electron chi connectivity index (χ4n) is 7.32. The van der Waals surface area contributed by atoms with E-state index in [1.807, 2.05) is 0 Å². The number of benzene rings is 4. The number of hydrogen-bond donors (Lipinski definition) is 0. The molecule has 0 saturated carbocycles. The van der Waals surface area contributed by atoms with Crippen LogP contribution in [0.15, 0.2) is 72.8 Å². The molecule has 1 heterocycles. The maximum Gasteiger partial charge on any atom is 0.0939 e. The van der Waals surface area contributed by atoms with E-state index < -0.39 is 0 Å². The van der Waals surface area contributed by atoms with Crippen molar-refractivity contribution >= 4 is 0 Å². The predicted molar refractivity (Wildman–Crippen MR) is 209 cm³/mol. The van der Waals surface area contributed by atoms with E-state index in [2.05, 4.69) is 148 Å². The van der Waals surface area contributed by atoms with Gasteiger partial charge < -0.3 is 0 Å². The van der Waals surface area contributed by atoms with Gasteiger partial charge in [-0.25, -0.2) is 0 Å². The highest BCUT2D eigenvalue weighted by Crippen LogP contribution is 2.17. The summed E-state index contributed by atoms with van der Waals surface area (Å²) in [5.74, 6) is 0. The molecule has 0 unspecified atom stereocenters. The Bertz CT molecular complexity index is 1410. The molecule has 4 aromatic carbocycles. The van der Waals surface area contributed by atoms with Crippen LogP contribution in [0.2, 0.25) is 0 Å². The van der Waals surface area contributed by atoms with Crippen molar-refractivity contribution in [1.29, 1.82) is 0 Å². The van der Waals surface area contributed by atoms with E-state index in [9.17, 15) is 0 Å². The van der Waals surface area contributed by atoms with E-state index in [-0.39, 0.29) is 0 Å². The molecule has 1 aliphatic rings. The molecule has 1 fully saturated rings. The summed E-state index contributed by atoms with van der Waals surface area (Å²) in [5, 5.41) is 8.21. The lowest BCUT2D eigenvalue weighted by Crippen LogP contribution is -2.39. The fourth-order valence-corrected chi connectivity index (χ4v) is 7.32. The quantitative estimate of drug-likeness (QED) is 0.182. The fraction of sp³-hybridized carbons (Fsp3) is 0.455. The Kier molecular flexibility index (Phi) is 15.0. The van der Waals surface area contributed by atoms with Gasteiger partial charge in [0.15, 0.2) is 0 Å². The van der Waals surface area contributed by atoms with Crippen molar-refractivity contribution in [2.45, 2.75) is 81.6 Å². The first kappa shape index (κ1) is 39.8. The van der Waals surface area contributed by atoms with Crippen LogP contribution < -0.4 is 0 Å². The van der Waals surface area contributed by atoms with Crippen LogP contribution in [0.4, 0.5) is 0 Å². The van der Waals surface area contributed by atoms with Crippen LogP contribution in [0, 0.1) is 55.4 Å². The zero-order chi connectivity index (χ0) is 37.0. The van der Waals surface area contributed by atoms with Crippen LogP contribution >= 0.6 is 0 Å². The normalized spacial score (nSPS) is 17.1. The molecule has 0 atom stereocenters. The lowest BCUT2D eigenvalue weighted by atomic mass is 10.1. The van der Waals surface area contributed by atoms with Crippen molar-refractivity contribution in [3.05, 3.63) is 140 Å². The first-order chi connectivity index (χ1) is 24.9. The van der Waals surface area contributed by atoms with E-state index in [1.165, 1.54) is 66.8 Å². The summed E-state index contributed by atoms with van der Waals surface area (Å²) in [6.45, 7) is 24.2. The van der Waals surface area contributed by atoms with Gasteiger partial charge >= 0.3 is 0 Å². The molecule has 0 spiro atoms. The lowest BCUT2D eigenvalue weighted by Gasteiger charge is -2.30. The van der Waals surface area contributed by atoms with E-state index in [1.54, 1.807) is 0 Å². The average Bonchev–Trinajstić information content (AvgIpc) is 3.03. The number of hydroxylamine groups is 8. The highest BCUT2D eigenvalue weighted by Gasteiger charge is 2.17. The van der Waals surface area contributed by atoms with Gasteiger partial charge in [-0.2, -0.15) is 20.3 Å². The van der Waals surface area contributed by atoms with Gasteiger partial charge in [-0.3, -0.25) is 19.4 Å². The molecular formula is C44H60N4O4. The van der Waals surface area contributed by atoms with Crippen molar-refractivity contribution in [1.82, 2.24) is 20.3 Å². The van der Waals surface area contributed by atoms with Crippen LogP contribution in [-0.2, 0) is 45.5 Å². The highest BCUT2D eigenvalue weighted by atomic mass is 16.7. The molecule has 280 valence electrons. The second-order valence-electron chi connectivity index (χ2n) is 14.8. The Morgan fingerprint density at radius 3 is 0.654 bits per heavy atom. The zero-order valence-electron chi connectivity index (χ0n) is 32.8.